The Morgan fingerprint density at radius 1 is 1.16 bits per heavy atom. The number of benzene rings is 1. The molecule has 0 bridgehead atoms. The number of carbonyl (C=O) groups excluding carboxylic acids is 3. The van der Waals surface area contributed by atoms with Gasteiger partial charge in [-0.2, -0.15) is 5.10 Å². The Balaban J connectivity index is 1.66. The predicted molar refractivity (Wildman–Crippen MR) is 116 cm³/mol. The van der Waals surface area contributed by atoms with E-state index in [0.717, 1.165) is 0 Å². The molecular formula is C22H25N5O4. The summed E-state index contributed by atoms with van der Waals surface area (Å²) in [4.78, 5) is 42.7. The van der Waals surface area contributed by atoms with E-state index < -0.39 is 18.5 Å². The highest BCUT2D eigenvalue weighted by atomic mass is 16.5. The lowest BCUT2D eigenvalue weighted by Crippen LogP contribution is -2.22. The first-order valence-corrected chi connectivity index (χ1v) is 9.81. The van der Waals surface area contributed by atoms with E-state index in [1.807, 2.05) is 13.8 Å². The minimum Gasteiger partial charge on any atom is -0.452 e. The Kier molecular flexibility index (Phi) is 6.33. The number of amides is 2. The normalized spacial score (nSPS) is 10.9. The van der Waals surface area contributed by atoms with Crippen molar-refractivity contribution in [1.82, 2.24) is 19.7 Å². The molecule has 0 aliphatic heterocycles. The van der Waals surface area contributed by atoms with Crippen LogP contribution >= 0.6 is 0 Å². The summed E-state index contributed by atoms with van der Waals surface area (Å²) in [6.45, 7) is 5.28. The molecule has 31 heavy (non-hydrogen) atoms. The summed E-state index contributed by atoms with van der Waals surface area (Å²) >= 11 is 0. The monoisotopic (exact) mass is 423 g/mol. The lowest BCUT2D eigenvalue weighted by molar-refractivity contribution is -0.119. The molecule has 0 spiro atoms. The van der Waals surface area contributed by atoms with E-state index in [0.29, 0.717) is 33.5 Å². The number of hydrogen-bond acceptors (Lipinski definition) is 6. The molecule has 2 amide bonds. The summed E-state index contributed by atoms with van der Waals surface area (Å²) < 4.78 is 6.94. The van der Waals surface area contributed by atoms with Crippen molar-refractivity contribution in [2.45, 2.75) is 26.8 Å². The molecule has 1 N–H and O–H groups in total. The standard InChI is InChI=1S/C22H25N5O4/c1-13(2)27-20-18(11-23-27)17(10-14(3)24-20)22(30)31-12-19(28)25-16-8-6-15(7-9-16)21(29)26(4)5/h6-11,13H,12H2,1-5H3,(H,25,28). The highest BCUT2D eigenvalue weighted by molar-refractivity contribution is 6.04. The first-order valence-electron chi connectivity index (χ1n) is 9.81. The molecule has 3 aromatic rings. The predicted octanol–water partition coefficient (Wildman–Crippen LogP) is 2.82. The number of rotatable bonds is 6. The van der Waals surface area contributed by atoms with Gasteiger partial charge >= 0.3 is 5.97 Å². The number of ether oxygens (including phenoxy) is 1. The summed E-state index contributed by atoms with van der Waals surface area (Å²) in [6, 6.07) is 8.18. The number of aryl methyl sites for hydroxylation is 1. The molecule has 9 nitrogen and oxygen atoms in total. The van der Waals surface area contributed by atoms with E-state index in [1.54, 1.807) is 62.2 Å². The lowest BCUT2D eigenvalue weighted by Gasteiger charge is -2.11. The molecular weight excluding hydrogens is 398 g/mol. The van der Waals surface area contributed by atoms with Gasteiger partial charge in [-0.05, 0) is 51.1 Å². The van der Waals surface area contributed by atoms with Gasteiger partial charge in [0.15, 0.2) is 12.3 Å². The van der Waals surface area contributed by atoms with E-state index in [9.17, 15) is 14.4 Å². The van der Waals surface area contributed by atoms with E-state index in [-0.39, 0.29) is 11.9 Å². The van der Waals surface area contributed by atoms with Gasteiger partial charge in [-0.25, -0.2) is 14.5 Å². The molecule has 0 atom stereocenters. The fourth-order valence-electron chi connectivity index (χ4n) is 3.05. The second-order valence-electron chi connectivity index (χ2n) is 7.63. The van der Waals surface area contributed by atoms with Crippen LogP contribution in [-0.2, 0) is 9.53 Å². The van der Waals surface area contributed by atoms with Gasteiger partial charge in [0.25, 0.3) is 11.8 Å². The molecule has 0 saturated carbocycles. The van der Waals surface area contributed by atoms with Crippen LogP contribution in [0.3, 0.4) is 0 Å². The van der Waals surface area contributed by atoms with Crippen LogP contribution in [0, 0.1) is 6.92 Å². The van der Waals surface area contributed by atoms with Gasteiger partial charge < -0.3 is 15.0 Å². The second kappa shape index (κ2) is 8.95. The number of esters is 1. The number of aromatic nitrogens is 3. The third-order valence-electron chi connectivity index (χ3n) is 4.56. The maximum Gasteiger partial charge on any atom is 0.339 e. The van der Waals surface area contributed by atoms with Crippen LogP contribution < -0.4 is 5.32 Å². The van der Waals surface area contributed by atoms with E-state index in [2.05, 4.69) is 15.4 Å². The Labute approximate surface area is 180 Å². The zero-order valence-corrected chi connectivity index (χ0v) is 18.2. The fourth-order valence-corrected chi connectivity index (χ4v) is 3.05. The van der Waals surface area contributed by atoms with Crippen molar-refractivity contribution < 1.29 is 19.1 Å². The summed E-state index contributed by atoms with van der Waals surface area (Å²) in [5.41, 5.74) is 2.57. The Bertz CT molecular complexity index is 1130. The summed E-state index contributed by atoms with van der Waals surface area (Å²) in [7, 11) is 3.33. The van der Waals surface area contributed by atoms with Gasteiger partial charge in [-0.15, -0.1) is 0 Å². The van der Waals surface area contributed by atoms with Crippen LogP contribution in [0.25, 0.3) is 11.0 Å². The number of nitrogens with zero attached hydrogens (tertiary/aromatic N) is 4. The van der Waals surface area contributed by atoms with Gasteiger partial charge in [0.2, 0.25) is 0 Å². The van der Waals surface area contributed by atoms with E-state index >= 15 is 0 Å². The van der Waals surface area contributed by atoms with Crippen molar-refractivity contribution in [3.63, 3.8) is 0 Å². The topological polar surface area (TPSA) is 106 Å². The highest BCUT2D eigenvalue weighted by Crippen LogP contribution is 2.21. The van der Waals surface area contributed by atoms with E-state index in [4.69, 9.17) is 4.74 Å². The number of nitrogens with one attached hydrogen (secondary N) is 1. The zero-order chi connectivity index (χ0) is 22.7. The number of hydrogen-bond donors (Lipinski definition) is 1. The molecule has 1 aromatic carbocycles. The first-order chi connectivity index (χ1) is 14.7. The molecule has 162 valence electrons. The summed E-state index contributed by atoms with van der Waals surface area (Å²) in [6.07, 6.45) is 1.58. The molecule has 9 heteroatoms. The lowest BCUT2D eigenvalue weighted by atomic mass is 10.1. The van der Waals surface area contributed by atoms with Crippen molar-refractivity contribution in [1.29, 1.82) is 0 Å². The van der Waals surface area contributed by atoms with Crippen LogP contribution in [0.4, 0.5) is 5.69 Å². The largest absolute Gasteiger partial charge is 0.452 e. The third-order valence-corrected chi connectivity index (χ3v) is 4.56. The quantitative estimate of drug-likeness (QED) is 0.611. The molecule has 0 saturated heterocycles. The van der Waals surface area contributed by atoms with Gasteiger partial charge in [0.1, 0.15) is 0 Å². The van der Waals surface area contributed by atoms with Gasteiger partial charge in [0.05, 0.1) is 17.1 Å². The van der Waals surface area contributed by atoms with Crippen molar-refractivity contribution >= 4 is 34.5 Å². The van der Waals surface area contributed by atoms with Crippen molar-refractivity contribution in [3.05, 3.63) is 53.3 Å². The van der Waals surface area contributed by atoms with Gasteiger partial charge in [-0.1, -0.05) is 0 Å². The van der Waals surface area contributed by atoms with Crippen molar-refractivity contribution in [3.8, 4) is 0 Å². The SMILES string of the molecule is Cc1cc(C(=O)OCC(=O)Nc2ccc(C(=O)N(C)C)cc2)c2cnn(C(C)C)c2n1. The summed E-state index contributed by atoms with van der Waals surface area (Å²) in [5, 5.41) is 7.52. The average molecular weight is 423 g/mol. The fraction of sp³-hybridized carbons (Fsp3) is 0.318. The van der Waals surface area contributed by atoms with Crippen molar-refractivity contribution in [2.24, 2.45) is 0 Å². The number of carbonyl (C=O) groups is 3. The molecule has 2 heterocycles. The van der Waals surface area contributed by atoms with Crippen LogP contribution in [-0.4, -0.2) is 58.2 Å². The molecule has 0 aliphatic carbocycles. The van der Waals surface area contributed by atoms with Crippen LogP contribution in [0.1, 0.15) is 46.3 Å². The first kappa shape index (κ1) is 21.9. The molecule has 0 fully saturated rings. The Morgan fingerprint density at radius 3 is 2.45 bits per heavy atom. The maximum absolute atomic E-state index is 12.6. The van der Waals surface area contributed by atoms with Crippen LogP contribution in [0.15, 0.2) is 36.5 Å². The molecule has 0 aliphatic rings. The number of pyridine rings is 1. The second-order valence-corrected chi connectivity index (χ2v) is 7.63. The van der Waals surface area contributed by atoms with E-state index in [1.165, 1.54) is 4.90 Å². The Hall–Kier alpha value is -3.75. The summed E-state index contributed by atoms with van der Waals surface area (Å²) in [5.74, 6) is -1.24. The Morgan fingerprint density at radius 2 is 1.84 bits per heavy atom. The minimum atomic E-state index is -0.624. The maximum atomic E-state index is 12.6. The minimum absolute atomic E-state index is 0.0841. The number of fused-ring (bicyclic) bond motifs is 1. The van der Waals surface area contributed by atoms with Crippen LogP contribution in [0.5, 0.6) is 0 Å². The molecule has 0 radical (unpaired) electrons. The number of anilines is 1. The van der Waals surface area contributed by atoms with Crippen LogP contribution in [0.2, 0.25) is 0 Å². The third kappa shape index (κ3) is 4.88. The highest BCUT2D eigenvalue weighted by Gasteiger charge is 2.19. The average Bonchev–Trinajstić information content (AvgIpc) is 3.15. The molecule has 0 unspecified atom stereocenters. The van der Waals surface area contributed by atoms with Crippen molar-refractivity contribution in [2.75, 3.05) is 26.0 Å². The van der Waals surface area contributed by atoms with Gasteiger partial charge in [0, 0.05) is 37.1 Å². The molecule has 2 aromatic heterocycles. The molecule has 3 rings (SSSR count). The smallest absolute Gasteiger partial charge is 0.339 e. The zero-order valence-electron chi connectivity index (χ0n) is 18.2. The van der Waals surface area contributed by atoms with Gasteiger partial charge in [-0.3, -0.25) is 9.59 Å².